The molecule has 56 heavy (non-hydrogen) atoms. The van der Waals surface area contributed by atoms with Gasteiger partial charge in [0.15, 0.2) is 17.5 Å². The lowest BCUT2D eigenvalue weighted by Gasteiger charge is -2.13. The van der Waals surface area contributed by atoms with Crippen molar-refractivity contribution in [1.29, 1.82) is 0 Å². The van der Waals surface area contributed by atoms with Gasteiger partial charge in [0, 0.05) is 38.2 Å². The average Bonchev–Trinajstić information content (AvgIpc) is 3.85. The molecule has 0 saturated heterocycles. The van der Waals surface area contributed by atoms with Crippen LogP contribution in [0.25, 0.3) is 122 Å². The molecule has 0 aliphatic rings. The van der Waals surface area contributed by atoms with Gasteiger partial charge in [-0.15, -0.1) is 0 Å². The minimum absolute atomic E-state index is 0.620. The molecule has 0 aliphatic carbocycles. The van der Waals surface area contributed by atoms with E-state index >= 15 is 0 Å². The van der Waals surface area contributed by atoms with Crippen molar-refractivity contribution in [2.24, 2.45) is 0 Å². The van der Waals surface area contributed by atoms with E-state index in [0.29, 0.717) is 17.5 Å². The Morgan fingerprint density at radius 1 is 0.268 bits per heavy atom. The van der Waals surface area contributed by atoms with Crippen molar-refractivity contribution in [1.82, 2.24) is 15.0 Å². The van der Waals surface area contributed by atoms with Crippen LogP contribution >= 0.6 is 0 Å². The van der Waals surface area contributed by atoms with Crippen molar-refractivity contribution in [3.8, 4) is 56.4 Å². The summed E-state index contributed by atoms with van der Waals surface area (Å²) in [7, 11) is 0. The first-order chi connectivity index (χ1) is 27.7. The van der Waals surface area contributed by atoms with Crippen LogP contribution in [0.5, 0.6) is 0 Å². The Kier molecular flexibility index (Phi) is 6.56. The van der Waals surface area contributed by atoms with E-state index < -0.39 is 0 Å². The minimum Gasteiger partial charge on any atom is -0.456 e. The zero-order valence-electron chi connectivity index (χ0n) is 29.9. The normalized spacial score (nSPS) is 11.9. The van der Waals surface area contributed by atoms with Gasteiger partial charge >= 0.3 is 0 Å². The first-order valence-corrected chi connectivity index (χ1v) is 18.8. The summed E-state index contributed by atoms with van der Waals surface area (Å²) in [5.41, 5.74) is 10.7. The SMILES string of the molecule is c1ccc(-c2nc(-c3ccccc3)nc(-c3cccc(-c4cccc5oc6cc(-c7cccc8c9cccc%10oc%11cccc(c78)c%11c%109)ccc6c45)c3)n2)cc1. The van der Waals surface area contributed by atoms with Crippen molar-refractivity contribution >= 4 is 65.4 Å². The number of hydrogen-bond acceptors (Lipinski definition) is 5. The highest BCUT2D eigenvalue weighted by Gasteiger charge is 2.20. The van der Waals surface area contributed by atoms with Crippen LogP contribution in [0.2, 0.25) is 0 Å². The molecule has 5 heteroatoms. The highest BCUT2D eigenvalue weighted by molar-refractivity contribution is 6.35. The van der Waals surface area contributed by atoms with Crippen molar-refractivity contribution in [3.63, 3.8) is 0 Å². The topological polar surface area (TPSA) is 65.0 Å². The van der Waals surface area contributed by atoms with Crippen molar-refractivity contribution in [2.45, 2.75) is 0 Å². The Morgan fingerprint density at radius 3 is 1.43 bits per heavy atom. The molecule has 0 bridgehead atoms. The Morgan fingerprint density at radius 2 is 0.732 bits per heavy atom. The first-order valence-electron chi connectivity index (χ1n) is 18.8. The second-order valence-corrected chi connectivity index (χ2v) is 14.3. The number of aromatic nitrogens is 3. The maximum Gasteiger partial charge on any atom is 0.164 e. The molecule has 12 rings (SSSR count). The van der Waals surface area contributed by atoms with E-state index in [1.54, 1.807) is 0 Å². The molecule has 9 aromatic carbocycles. The minimum atomic E-state index is 0.620. The Labute approximate surface area is 320 Å². The molecular formula is C51H29N3O2. The van der Waals surface area contributed by atoms with Gasteiger partial charge < -0.3 is 8.83 Å². The van der Waals surface area contributed by atoms with Crippen LogP contribution in [-0.4, -0.2) is 15.0 Å². The Balaban J connectivity index is 1.01. The average molecular weight is 716 g/mol. The largest absolute Gasteiger partial charge is 0.456 e. The maximum absolute atomic E-state index is 6.67. The fraction of sp³-hybridized carbons (Fsp3) is 0. The summed E-state index contributed by atoms with van der Waals surface area (Å²) in [5, 5.41) is 9.35. The van der Waals surface area contributed by atoms with E-state index in [1.165, 1.54) is 32.3 Å². The predicted octanol–water partition coefficient (Wildman–Crippen LogP) is 13.7. The molecule has 0 saturated carbocycles. The number of nitrogens with zero attached hydrogens (tertiary/aromatic N) is 3. The van der Waals surface area contributed by atoms with Gasteiger partial charge in [0.1, 0.15) is 22.3 Å². The molecule has 5 nitrogen and oxygen atoms in total. The third kappa shape index (κ3) is 4.64. The number of fused-ring (bicyclic) bond motifs is 6. The summed E-state index contributed by atoms with van der Waals surface area (Å²) >= 11 is 0. The van der Waals surface area contributed by atoms with E-state index in [-0.39, 0.29) is 0 Å². The van der Waals surface area contributed by atoms with E-state index in [0.717, 1.165) is 72.0 Å². The molecule has 0 aliphatic heterocycles. The first kappa shape index (κ1) is 30.8. The molecule has 0 fully saturated rings. The summed E-state index contributed by atoms with van der Waals surface area (Å²) in [6, 6.07) is 60.8. The zero-order chi connectivity index (χ0) is 36.7. The highest BCUT2D eigenvalue weighted by Crippen LogP contribution is 2.46. The van der Waals surface area contributed by atoms with Crippen LogP contribution in [0, 0.1) is 0 Å². The molecule has 0 spiro atoms. The highest BCUT2D eigenvalue weighted by atomic mass is 16.3. The van der Waals surface area contributed by atoms with Crippen LogP contribution < -0.4 is 0 Å². The molecule has 12 aromatic rings. The van der Waals surface area contributed by atoms with Crippen molar-refractivity contribution in [2.75, 3.05) is 0 Å². The Hall–Kier alpha value is -7.63. The lowest BCUT2D eigenvalue weighted by atomic mass is 9.89. The number of benzene rings is 9. The molecule has 3 heterocycles. The van der Waals surface area contributed by atoms with E-state index in [9.17, 15) is 0 Å². The van der Waals surface area contributed by atoms with Gasteiger partial charge in [0.2, 0.25) is 0 Å². The van der Waals surface area contributed by atoms with E-state index in [4.69, 9.17) is 23.8 Å². The van der Waals surface area contributed by atoms with E-state index in [1.807, 2.05) is 60.7 Å². The van der Waals surface area contributed by atoms with Crippen LogP contribution in [0.3, 0.4) is 0 Å². The van der Waals surface area contributed by atoms with Gasteiger partial charge in [-0.2, -0.15) is 0 Å². The number of hydrogen-bond donors (Lipinski definition) is 0. The second-order valence-electron chi connectivity index (χ2n) is 14.3. The lowest BCUT2D eigenvalue weighted by Crippen LogP contribution is -2.00. The van der Waals surface area contributed by atoms with Crippen LogP contribution in [0.15, 0.2) is 185 Å². The summed E-state index contributed by atoms with van der Waals surface area (Å²) in [6.45, 7) is 0. The standard InChI is InChI=1S/C51H29N3O2/c1-3-12-30(13-4-1)49-52-50(31-14-5-2-6-15-31)54-51(53-49)34-17-7-16-32(28-34)36-19-9-23-41-46(36)39-27-26-33(29-44(39)56-41)35-18-8-20-37-38-21-10-24-42-47(38)48-40(45(35)37)22-11-25-43(48)55-42/h1-29H. The molecule has 0 unspecified atom stereocenters. The van der Waals surface area contributed by atoms with Crippen molar-refractivity contribution in [3.05, 3.63) is 176 Å². The quantitative estimate of drug-likeness (QED) is 0.166. The number of furan rings is 2. The zero-order valence-corrected chi connectivity index (χ0v) is 29.9. The second kappa shape index (κ2) is 11.9. The van der Waals surface area contributed by atoms with Gasteiger partial charge in [-0.25, -0.2) is 15.0 Å². The van der Waals surface area contributed by atoms with Crippen LogP contribution in [0.1, 0.15) is 0 Å². The van der Waals surface area contributed by atoms with E-state index in [2.05, 4.69) is 115 Å². The van der Waals surface area contributed by atoms with Gasteiger partial charge in [0.25, 0.3) is 0 Å². The molecule has 0 amide bonds. The predicted molar refractivity (Wildman–Crippen MR) is 228 cm³/mol. The summed E-state index contributed by atoms with van der Waals surface area (Å²) < 4.78 is 13.0. The molecule has 3 aromatic heterocycles. The summed E-state index contributed by atoms with van der Waals surface area (Å²) in [5.74, 6) is 1.89. The molecular weight excluding hydrogens is 687 g/mol. The third-order valence-corrected chi connectivity index (χ3v) is 11.1. The lowest BCUT2D eigenvalue weighted by molar-refractivity contribution is 0.669. The fourth-order valence-corrected chi connectivity index (χ4v) is 8.60. The van der Waals surface area contributed by atoms with Crippen molar-refractivity contribution < 1.29 is 8.83 Å². The van der Waals surface area contributed by atoms with Gasteiger partial charge in [-0.3, -0.25) is 0 Å². The molecule has 0 N–H and O–H groups in total. The van der Waals surface area contributed by atoms with Gasteiger partial charge in [-0.05, 0) is 80.2 Å². The smallest absolute Gasteiger partial charge is 0.164 e. The Bertz CT molecular complexity index is 3420. The summed E-state index contributed by atoms with van der Waals surface area (Å²) in [4.78, 5) is 14.9. The molecule has 0 radical (unpaired) electrons. The van der Waals surface area contributed by atoms with Crippen LogP contribution in [0.4, 0.5) is 0 Å². The molecule has 260 valence electrons. The monoisotopic (exact) mass is 715 g/mol. The third-order valence-electron chi connectivity index (χ3n) is 11.1. The maximum atomic E-state index is 6.67. The van der Waals surface area contributed by atoms with Gasteiger partial charge in [0.05, 0.1) is 0 Å². The summed E-state index contributed by atoms with van der Waals surface area (Å²) in [6.07, 6.45) is 0. The van der Waals surface area contributed by atoms with Gasteiger partial charge in [-0.1, -0.05) is 140 Å². The number of rotatable bonds is 5. The van der Waals surface area contributed by atoms with Crippen LogP contribution in [-0.2, 0) is 0 Å². The molecule has 0 atom stereocenters. The fourth-order valence-electron chi connectivity index (χ4n) is 8.60.